The molecule has 1 unspecified atom stereocenters. The van der Waals surface area contributed by atoms with Crippen LogP contribution in [0.4, 0.5) is 0 Å². The monoisotopic (exact) mass is 430 g/mol. The average Bonchev–Trinajstić information content (AvgIpc) is 2.96. The van der Waals surface area contributed by atoms with Gasteiger partial charge in [0.2, 0.25) is 0 Å². The summed E-state index contributed by atoms with van der Waals surface area (Å²) in [5, 5.41) is 1.71. The topological polar surface area (TPSA) is 12.0 Å². The number of aryl methyl sites for hydroxylation is 1. The molecular weight excluding hydrogens is 390 g/mol. The molecule has 0 aromatic heterocycles. The van der Waals surface area contributed by atoms with Crippen LogP contribution in [0.15, 0.2) is 44.9 Å². The number of benzene rings is 1. The Morgan fingerprint density at radius 1 is 0.857 bits per heavy atom. The number of nitrogens with one attached hydrogen (secondary N) is 1. The summed E-state index contributed by atoms with van der Waals surface area (Å²) in [6.45, 7) is 12.0. The van der Waals surface area contributed by atoms with Crippen LogP contribution in [0.5, 0.6) is 0 Å². The molecule has 1 saturated carbocycles. The Bertz CT molecular complexity index is 726. The van der Waals surface area contributed by atoms with Crippen molar-refractivity contribution < 1.29 is 17.4 Å². The van der Waals surface area contributed by atoms with E-state index in [1.54, 1.807) is 21.9 Å². The van der Waals surface area contributed by atoms with Crippen molar-refractivity contribution in [2.45, 2.75) is 92.0 Å². The van der Waals surface area contributed by atoms with E-state index in [4.69, 9.17) is 0 Å². The van der Waals surface area contributed by atoms with Gasteiger partial charge in [-0.2, -0.15) is 0 Å². The fraction of sp³-hybridized carbons (Fsp3) is 0.600. The van der Waals surface area contributed by atoms with E-state index in [0.29, 0.717) is 5.92 Å². The van der Waals surface area contributed by atoms with Crippen LogP contribution in [0.3, 0.4) is 0 Å². The zero-order valence-electron chi connectivity index (χ0n) is 18.8. The molecule has 2 aliphatic rings. The molecule has 28 heavy (non-hydrogen) atoms. The Kier molecular flexibility index (Phi) is 8.41. The van der Waals surface area contributed by atoms with Crippen LogP contribution in [0.1, 0.15) is 84.6 Å². The maximum absolute atomic E-state index is 4.41. The first-order chi connectivity index (χ1) is 13.5. The predicted molar refractivity (Wildman–Crippen MR) is 123 cm³/mol. The van der Waals surface area contributed by atoms with Crippen molar-refractivity contribution in [3.05, 3.63) is 50.4 Å². The second-order valence-corrected chi connectivity index (χ2v) is 17.7. The molecule has 0 radical (unpaired) electrons. The molecule has 1 aromatic rings. The van der Waals surface area contributed by atoms with Crippen LogP contribution < -0.4 is 8.99 Å². The summed E-state index contributed by atoms with van der Waals surface area (Å²) in [6, 6.07) is 10.0. The van der Waals surface area contributed by atoms with Gasteiger partial charge >= 0.3 is 182 Å². The van der Waals surface area contributed by atoms with Crippen molar-refractivity contribution in [2.75, 3.05) is 0 Å². The second kappa shape index (κ2) is 10.6. The van der Waals surface area contributed by atoms with Crippen molar-refractivity contribution in [2.24, 2.45) is 5.92 Å². The van der Waals surface area contributed by atoms with Gasteiger partial charge in [-0.3, -0.25) is 0 Å². The molecule has 1 atom stereocenters. The van der Waals surface area contributed by atoms with Gasteiger partial charge in [0, 0.05) is 0 Å². The van der Waals surface area contributed by atoms with Crippen LogP contribution in [0, 0.1) is 12.8 Å². The van der Waals surface area contributed by atoms with Crippen molar-refractivity contribution in [1.29, 1.82) is 0 Å². The van der Waals surface area contributed by atoms with E-state index in [2.05, 4.69) is 62.7 Å². The van der Waals surface area contributed by atoms with Gasteiger partial charge in [-0.15, -0.1) is 0 Å². The fourth-order valence-electron chi connectivity index (χ4n) is 5.10. The van der Waals surface area contributed by atoms with E-state index < -0.39 is 17.4 Å². The molecule has 3 heteroatoms. The first-order valence-electron chi connectivity index (χ1n) is 11.5. The van der Waals surface area contributed by atoms with Crippen LogP contribution in [0.25, 0.3) is 0 Å². The average molecular weight is 431 g/mol. The van der Waals surface area contributed by atoms with Gasteiger partial charge < -0.3 is 0 Å². The molecule has 1 aromatic carbocycles. The molecule has 1 nitrogen and oxygen atoms in total. The first kappa shape index (κ1) is 22.3. The zero-order chi connectivity index (χ0) is 20.1. The first-order valence-corrected chi connectivity index (χ1v) is 17.8. The van der Waals surface area contributed by atoms with Gasteiger partial charge in [0.05, 0.1) is 0 Å². The van der Waals surface area contributed by atoms with E-state index in [1.807, 2.05) is 3.88 Å². The second-order valence-electron chi connectivity index (χ2n) is 9.19. The van der Waals surface area contributed by atoms with Crippen LogP contribution >= 0.6 is 0 Å². The van der Waals surface area contributed by atoms with Gasteiger partial charge in [-0.1, -0.05) is 0 Å². The standard InChI is InChI=1S/C9H18N.C9H13.C7H9Si.Ti/c10-9-7-5-3-1-2-4-6-8-9;1-6-5-7(2)9(4)8(6)3;1-6-4-2-3-5-7(6)8;/h9-10H,1-8H2;6H,1-4H3;2-5H,8H2,1H3;/q-1;;;+1. The van der Waals surface area contributed by atoms with Crippen molar-refractivity contribution in [3.8, 4) is 0 Å². The van der Waals surface area contributed by atoms with E-state index >= 15 is 0 Å². The molecular formula is C25H40NSiTi. The number of hydrogen-bond acceptors (Lipinski definition) is 1. The van der Waals surface area contributed by atoms with E-state index in [9.17, 15) is 0 Å². The summed E-state index contributed by atoms with van der Waals surface area (Å²) < 4.78 is 6.29. The molecule has 0 bridgehead atoms. The molecule has 0 spiro atoms. The number of allylic oxidation sites excluding steroid dienone is 4. The third kappa shape index (κ3) is 5.39. The Hall–Kier alpha value is -0.409. The third-order valence-corrected chi connectivity index (χ3v) is 18.2. The minimum absolute atomic E-state index is 0.267. The molecule has 0 heterocycles. The van der Waals surface area contributed by atoms with Crippen molar-refractivity contribution >= 4 is 12.6 Å². The summed E-state index contributed by atoms with van der Waals surface area (Å²) in [4.78, 5) is 0. The van der Waals surface area contributed by atoms with Crippen molar-refractivity contribution in [1.82, 2.24) is 3.80 Å². The van der Waals surface area contributed by atoms with E-state index in [-0.39, 0.29) is 7.39 Å². The normalized spacial score (nSPS) is 22.7. The fourth-order valence-corrected chi connectivity index (χ4v) is 18.6. The van der Waals surface area contributed by atoms with E-state index in [1.165, 1.54) is 56.9 Å². The van der Waals surface area contributed by atoms with Gasteiger partial charge in [-0.05, 0) is 0 Å². The van der Waals surface area contributed by atoms with Gasteiger partial charge in [0.15, 0.2) is 0 Å². The Morgan fingerprint density at radius 2 is 1.46 bits per heavy atom. The summed E-state index contributed by atoms with van der Waals surface area (Å²) in [5.41, 5.74) is 6.40. The Morgan fingerprint density at radius 3 is 2.04 bits per heavy atom. The molecule has 0 amide bonds. The molecule has 153 valence electrons. The molecule has 2 aliphatic carbocycles. The summed E-state index contributed by atoms with van der Waals surface area (Å²) >= 11 is -1.47. The third-order valence-electron chi connectivity index (χ3n) is 7.33. The molecule has 3 rings (SSSR count). The molecule has 1 N–H and O–H groups in total. The molecule has 0 saturated heterocycles. The SMILES string of the molecule is CC1=C(C)C(C)[C]([Ti]([NH]C2CCCCCCCC2)[SiH2]c2ccccc2C)=C1C. The van der Waals surface area contributed by atoms with Crippen LogP contribution in [-0.4, -0.2) is 13.4 Å². The van der Waals surface area contributed by atoms with E-state index in [0.717, 1.165) is 6.04 Å². The zero-order valence-corrected chi connectivity index (χ0v) is 21.8. The summed E-state index contributed by atoms with van der Waals surface area (Å²) in [7, 11) is -0.267. The van der Waals surface area contributed by atoms with Gasteiger partial charge in [0.25, 0.3) is 0 Å². The van der Waals surface area contributed by atoms with Crippen LogP contribution in [-0.2, 0) is 17.4 Å². The minimum atomic E-state index is -1.47. The maximum atomic E-state index is 4.41. The summed E-state index contributed by atoms with van der Waals surface area (Å²) in [6.07, 6.45) is 11.5. The summed E-state index contributed by atoms with van der Waals surface area (Å²) in [5.74, 6) is 0.676. The van der Waals surface area contributed by atoms with Crippen LogP contribution in [0.2, 0.25) is 0 Å². The quantitative estimate of drug-likeness (QED) is 0.601. The van der Waals surface area contributed by atoms with Gasteiger partial charge in [0.1, 0.15) is 0 Å². The Balaban J connectivity index is 1.85. The number of rotatable bonds is 5. The molecule has 0 aliphatic heterocycles. The predicted octanol–water partition coefficient (Wildman–Crippen LogP) is 5.59. The van der Waals surface area contributed by atoms with Gasteiger partial charge in [-0.25, -0.2) is 0 Å². The van der Waals surface area contributed by atoms with Crippen molar-refractivity contribution in [3.63, 3.8) is 0 Å². The molecule has 1 fully saturated rings. The number of hydrogen-bond donors (Lipinski definition) is 1. The Labute approximate surface area is 181 Å².